The minimum absolute atomic E-state index is 0.0553. The van der Waals surface area contributed by atoms with Crippen molar-refractivity contribution in [3.63, 3.8) is 0 Å². The Hall–Kier alpha value is -7.39. The van der Waals surface area contributed by atoms with Gasteiger partial charge in [-0.15, -0.1) is 0 Å². The van der Waals surface area contributed by atoms with Crippen LogP contribution in [0.2, 0.25) is 0 Å². The molecule has 1 spiro atoms. The molecular weight excluding hydrogens is 1050 g/mol. The topological polar surface area (TPSA) is 3.24 Å². The number of nitrogens with zero attached hydrogens (tertiary/aromatic N) is 1. The Morgan fingerprint density at radius 3 is 1.15 bits per heavy atom. The summed E-state index contributed by atoms with van der Waals surface area (Å²) in [5.41, 5.74) is 32.9. The summed E-state index contributed by atoms with van der Waals surface area (Å²) in [4.78, 5) is 2.55. The average molecular weight is 1140 g/mol. The summed E-state index contributed by atoms with van der Waals surface area (Å²) in [5.74, 6) is 2.30. The maximum Gasteiger partial charge on any atom is 0.240 e. The Kier molecular flexibility index (Phi) is 15.8. The zero-order valence-electron chi connectivity index (χ0n) is 54.5. The van der Waals surface area contributed by atoms with Crippen molar-refractivity contribution < 1.29 is 0 Å². The van der Waals surface area contributed by atoms with Gasteiger partial charge in [0.1, 0.15) is 8.80 Å². The van der Waals surface area contributed by atoms with Gasteiger partial charge in [-0.25, -0.2) is 0 Å². The van der Waals surface area contributed by atoms with Gasteiger partial charge in [0, 0.05) is 5.69 Å². The monoisotopic (exact) mass is 1140 g/mol. The predicted molar refractivity (Wildman–Crippen MR) is 380 cm³/mol. The molecule has 0 fully saturated rings. The summed E-state index contributed by atoms with van der Waals surface area (Å²) in [6.45, 7) is 40.5. The van der Waals surface area contributed by atoms with Crippen LogP contribution in [0.25, 0.3) is 11.1 Å². The van der Waals surface area contributed by atoms with Gasteiger partial charge in [0.15, 0.2) is 0 Å². The number of anilines is 3. The molecule has 1 nitrogen and oxygen atoms in total. The van der Waals surface area contributed by atoms with Crippen LogP contribution >= 0.6 is 0 Å². The fourth-order valence-electron chi connectivity index (χ4n) is 15.7. The van der Waals surface area contributed by atoms with Crippen LogP contribution in [-0.4, -0.2) is 22.2 Å². The molecule has 12 rings (SSSR count). The van der Waals surface area contributed by atoms with Crippen LogP contribution in [0.5, 0.6) is 0 Å². The summed E-state index contributed by atoms with van der Waals surface area (Å²) < 4.78 is 0. The smallest absolute Gasteiger partial charge is 0.240 e. The minimum atomic E-state index is -1.88. The number of rotatable bonds is 12. The van der Waals surface area contributed by atoms with E-state index < -0.39 is 14.2 Å². The average Bonchev–Trinajstić information content (AvgIpc) is 0.689. The van der Waals surface area contributed by atoms with Crippen molar-refractivity contribution in [3.8, 4) is 11.1 Å². The molecule has 9 aromatic carbocycles. The number of hydrogen-bond donors (Lipinski definition) is 0. The van der Waals surface area contributed by atoms with Crippen LogP contribution < -0.4 is 48.1 Å². The Labute approximate surface area is 519 Å². The molecule has 0 unspecified atom stereocenters. The van der Waals surface area contributed by atoms with E-state index in [1.54, 1.807) is 5.20 Å². The van der Waals surface area contributed by atoms with Crippen LogP contribution in [0.3, 0.4) is 0 Å². The van der Waals surface area contributed by atoms with Crippen molar-refractivity contribution in [2.45, 2.75) is 159 Å². The Morgan fingerprint density at radius 2 is 0.733 bits per heavy atom. The van der Waals surface area contributed by atoms with E-state index in [0.717, 1.165) is 5.69 Å². The number of allylic oxidation sites excluding steroid dienone is 4. The summed E-state index contributed by atoms with van der Waals surface area (Å²) in [6.07, 6.45) is 0. The van der Waals surface area contributed by atoms with Gasteiger partial charge >= 0.3 is 0 Å². The molecule has 86 heavy (non-hydrogen) atoms. The van der Waals surface area contributed by atoms with Gasteiger partial charge in [0.25, 0.3) is 0 Å². The molecule has 3 aliphatic rings. The summed E-state index contributed by atoms with van der Waals surface area (Å²) in [7, 11) is -1.88. The molecule has 4 heteroatoms. The Morgan fingerprint density at radius 1 is 0.360 bits per heavy atom. The third kappa shape index (κ3) is 9.51. The summed E-state index contributed by atoms with van der Waals surface area (Å²) in [6, 6.07) is 74.7. The fraction of sp³-hybridized carbons (Fsp3) is 0.293. The first-order valence-corrected chi connectivity index (χ1v) is 34.2. The highest BCUT2D eigenvalue weighted by atomic mass is 28.3. The second-order valence-electron chi connectivity index (χ2n) is 27.7. The van der Waals surface area contributed by atoms with E-state index in [4.69, 9.17) is 0 Å². The third-order valence-electron chi connectivity index (χ3n) is 20.5. The highest BCUT2D eigenvalue weighted by molar-refractivity contribution is 7.11. The number of hydrogen-bond acceptors (Lipinski definition) is 1. The van der Waals surface area contributed by atoms with Gasteiger partial charge in [-0.2, -0.15) is 0 Å². The van der Waals surface area contributed by atoms with Crippen molar-refractivity contribution in [1.29, 1.82) is 0 Å². The second kappa shape index (κ2) is 23.0. The molecule has 0 bridgehead atoms. The van der Waals surface area contributed by atoms with Crippen molar-refractivity contribution in [1.82, 2.24) is 0 Å². The molecule has 0 saturated carbocycles. The van der Waals surface area contributed by atoms with E-state index in [2.05, 4.69) is 311 Å². The van der Waals surface area contributed by atoms with E-state index in [0.29, 0.717) is 35.5 Å². The van der Waals surface area contributed by atoms with Crippen LogP contribution in [0.1, 0.15) is 209 Å². The molecule has 0 N–H and O–H groups in total. The fourth-order valence-corrected chi connectivity index (χ4v) is 19.5. The first kappa shape index (κ1) is 59.0. The summed E-state index contributed by atoms with van der Waals surface area (Å²) in [5, 5.41) is 4.59. The first-order chi connectivity index (χ1) is 41.3. The lowest BCUT2D eigenvalue weighted by Gasteiger charge is -2.50. The van der Waals surface area contributed by atoms with Crippen molar-refractivity contribution in [3.05, 3.63) is 266 Å². The molecule has 0 saturated heterocycles. The standard InChI is InChI=1S/C82H89B2NSi/c1-49(2)56(15)57(16)58(17)86-78-36-26-20-30-70(78)82(71-31-21-27-37-79(71)86)68-28-18-24-34-76(68)85(77-35-25-19-29-69(77)82)63-41-38-59(39-42-63)60-40-43-74-75(48-60)84(81-66(54(11)12)46-62(51(5)6)47-67(81)55(13)14)73-33-23-22-32-72(73)83(74)80-64(52(7)8)44-61(50(3)4)45-65(80)53(9)10/h18-48,50-55,86H,1-17H3/b58-57-. The quantitative estimate of drug-likeness (QED) is 0.0870. The number of para-hydroxylation sites is 2. The van der Waals surface area contributed by atoms with Crippen molar-refractivity contribution in [2.24, 2.45) is 0 Å². The number of fused-ring (bicyclic) bond motifs is 10. The second-order valence-corrected chi connectivity index (χ2v) is 30.7. The minimum Gasteiger partial charge on any atom is -0.310 e. The van der Waals surface area contributed by atoms with E-state index in [1.807, 2.05) is 0 Å². The lowest BCUT2D eigenvalue weighted by molar-refractivity contribution is 0.736. The SMILES string of the molecule is CC(C)=C(C)/C(C)=C(/C)[SiH]1c2ccccc2C2(c3ccccc3N(c3ccc(-c4ccc5c(c4)B(c4c(C(C)C)cc(C(C)C)cc4C(C)C)c4ccccc4B5c4c(C(C)C)cc(C(C)C)cc4C(C)C)cc3)c3ccccc32)c2ccccc21. The Balaban J connectivity index is 1.05. The molecule has 3 heterocycles. The van der Waals surface area contributed by atoms with Gasteiger partial charge in [0.2, 0.25) is 13.4 Å². The zero-order valence-corrected chi connectivity index (χ0v) is 55.7. The van der Waals surface area contributed by atoms with E-state index in [-0.39, 0.29) is 13.4 Å². The van der Waals surface area contributed by atoms with E-state index >= 15 is 0 Å². The highest BCUT2D eigenvalue weighted by Crippen LogP contribution is 2.58. The first-order valence-electron chi connectivity index (χ1n) is 32.4. The molecule has 0 amide bonds. The third-order valence-corrected chi connectivity index (χ3v) is 24.1. The van der Waals surface area contributed by atoms with Crippen LogP contribution in [0.4, 0.5) is 17.1 Å². The van der Waals surface area contributed by atoms with Crippen molar-refractivity contribution in [2.75, 3.05) is 4.90 Å². The predicted octanol–water partition coefficient (Wildman–Crippen LogP) is 16.5. The van der Waals surface area contributed by atoms with E-state index in [9.17, 15) is 0 Å². The molecule has 0 radical (unpaired) electrons. The maximum atomic E-state index is 2.62. The van der Waals surface area contributed by atoms with Crippen molar-refractivity contribution >= 4 is 82.4 Å². The maximum absolute atomic E-state index is 2.62. The van der Waals surface area contributed by atoms with Gasteiger partial charge in [0.05, 0.1) is 16.8 Å². The molecular formula is C82H89B2NSi. The lowest BCUT2D eigenvalue weighted by Crippen LogP contribution is -2.76. The largest absolute Gasteiger partial charge is 0.310 e. The van der Waals surface area contributed by atoms with Crippen LogP contribution in [0.15, 0.2) is 210 Å². The van der Waals surface area contributed by atoms with Gasteiger partial charge in [-0.05, 0) is 177 Å². The molecule has 0 aromatic heterocycles. The lowest BCUT2D eigenvalue weighted by atomic mass is 9.20. The normalized spacial score (nSPS) is 14.4. The van der Waals surface area contributed by atoms with Gasteiger partial charge in [-0.3, -0.25) is 0 Å². The van der Waals surface area contributed by atoms with E-state index in [1.165, 1.54) is 138 Å². The molecule has 0 atom stereocenters. The van der Waals surface area contributed by atoms with Gasteiger partial charge in [-0.1, -0.05) is 296 Å². The van der Waals surface area contributed by atoms with Gasteiger partial charge < -0.3 is 4.90 Å². The molecule has 0 aliphatic carbocycles. The Bertz CT molecular complexity index is 4010. The number of benzene rings is 9. The molecule has 9 aromatic rings. The summed E-state index contributed by atoms with van der Waals surface area (Å²) >= 11 is 0. The van der Waals surface area contributed by atoms with Crippen LogP contribution in [-0.2, 0) is 5.41 Å². The molecule has 432 valence electrons. The van der Waals surface area contributed by atoms with Crippen LogP contribution in [0, 0.1) is 0 Å². The zero-order chi connectivity index (χ0) is 60.8. The molecule has 3 aliphatic heterocycles. The highest BCUT2D eigenvalue weighted by Gasteiger charge is 2.52.